The predicted molar refractivity (Wildman–Crippen MR) is 51.9 cm³/mol. The number of aliphatic imine (C=N–C) groups is 1. The molecule has 0 aliphatic carbocycles. The van der Waals surface area contributed by atoms with Crippen molar-refractivity contribution in [3.8, 4) is 0 Å². The van der Waals surface area contributed by atoms with E-state index < -0.39 is 0 Å². The van der Waals surface area contributed by atoms with Gasteiger partial charge in [0.05, 0.1) is 19.2 Å². The maximum absolute atomic E-state index is 8.89. The lowest BCUT2D eigenvalue weighted by atomic mass is 10.2. The third-order valence-electron chi connectivity index (χ3n) is 2.08. The van der Waals surface area contributed by atoms with Gasteiger partial charge >= 0.3 is 0 Å². The first-order valence-electron chi connectivity index (χ1n) is 4.37. The first-order valence-corrected chi connectivity index (χ1v) is 4.37. The van der Waals surface area contributed by atoms with Gasteiger partial charge in [-0.05, 0) is 0 Å². The largest absolute Gasteiger partial charge is 0.394 e. The number of aliphatic hydroxyl groups excluding tert-OH is 1. The molecule has 0 fully saturated rings. The van der Waals surface area contributed by atoms with E-state index in [1.807, 2.05) is 30.3 Å². The van der Waals surface area contributed by atoms with Crippen molar-refractivity contribution >= 4 is 5.84 Å². The highest BCUT2D eigenvalue weighted by atomic mass is 16.3. The summed E-state index contributed by atoms with van der Waals surface area (Å²) < 4.78 is 0. The van der Waals surface area contributed by atoms with Crippen LogP contribution >= 0.6 is 0 Å². The summed E-state index contributed by atoms with van der Waals surface area (Å²) in [4.78, 5) is 4.30. The fraction of sp³-hybridized carbons (Fsp3) is 0.300. The molecule has 1 unspecified atom stereocenters. The highest BCUT2D eigenvalue weighted by Gasteiger charge is 2.16. The molecule has 0 radical (unpaired) electrons. The lowest BCUT2D eigenvalue weighted by Crippen LogP contribution is -2.33. The lowest BCUT2D eigenvalue weighted by molar-refractivity contribution is 0.263. The number of benzene rings is 1. The van der Waals surface area contributed by atoms with Gasteiger partial charge in [-0.2, -0.15) is 0 Å². The first kappa shape index (κ1) is 8.26. The summed E-state index contributed by atoms with van der Waals surface area (Å²) in [5.74, 6) is 0.889. The molecule has 0 spiro atoms. The van der Waals surface area contributed by atoms with Crippen molar-refractivity contribution in [3.05, 3.63) is 35.9 Å². The van der Waals surface area contributed by atoms with Crippen LogP contribution in [0, 0.1) is 0 Å². The van der Waals surface area contributed by atoms with Crippen molar-refractivity contribution in [2.45, 2.75) is 6.04 Å². The highest BCUT2D eigenvalue weighted by molar-refractivity contribution is 5.99. The molecule has 0 saturated heterocycles. The molecule has 0 saturated carbocycles. The Labute approximate surface area is 77.1 Å². The van der Waals surface area contributed by atoms with E-state index in [-0.39, 0.29) is 12.6 Å². The molecule has 1 aliphatic heterocycles. The van der Waals surface area contributed by atoms with E-state index in [1.54, 1.807) is 0 Å². The van der Waals surface area contributed by atoms with Crippen molar-refractivity contribution < 1.29 is 5.11 Å². The number of hydrogen-bond acceptors (Lipinski definition) is 3. The molecule has 1 heterocycles. The quantitative estimate of drug-likeness (QED) is 0.685. The van der Waals surface area contributed by atoms with Crippen LogP contribution in [0.2, 0.25) is 0 Å². The van der Waals surface area contributed by atoms with Crippen LogP contribution in [-0.2, 0) is 0 Å². The predicted octanol–water partition coefficient (Wildman–Crippen LogP) is 0.397. The molecule has 2 rings (SSSR count). The molecule has 2 N–H and O–H groups in total. The van der Waals surface area contributed by atoms with Crippen LogP contribution in [0.5, 0.6) is 0 Å². The van der Waals surface area contributed by atoms with Gasteiger partial charge in [0.1, 0.15) is 5.84 Å². The summed E-state index contributed by atoms with van der Waals surface area (Å²) in [6.07, 6.45) is 0. The maximum atomic E-state index is 8.89. The molecule has 0 bridgehead atoms. The maximum Gasteiger partial charge on any atom is 0.128 e. The van der Waals surface area contributed by atoms with Gasteiger partial charge in [-0.25, -0.2) is 0 Å². The Kier molecular flexibility index (Phi) is 2.27. The topological polar surface area (TPSA) is 44.6 Å². The van der Waals surface area contributed by atoms with Crippen LogP contribution in [0.3, 0.4) is 0 Å². The zero-order valence-corrected chi connectivity index (χ0v) is 7.27. The van der Waals surface area contributed by atoms with Crippen molar-refractivity contribution in [2.24, 2.45) is 4.99 Å². The first-order chi connectivity index (χ1) is 6.40. The molecule has 0 aromatic heterocycles. The van der Waals surface area contributed by atoms with Gasteiger partial charge in [0.2, 0.25) is 0 Å². The molecule has 1 atom stereocenters. The summed E-state index contributed by atoms with van der Waals surface area (Å²) >= 11 is 0. The molecule has 68 valence electrons. The van der Waals surface area contributed by atoms with Gasteiger partial charge < -0.3 is 10.4 Å². The van der Waals surface area contributed by atoms with E-state index in [9.17, 15) is 0 Å². The Morgan fingerprint density at radius 3 is 2.77 bits per heavy atom. The van der Waals surface area contributed by atoms with Crippen LogP contribution < -0.4 is 5.32 Å². The molecule has 3 nitrogen and oxygen atoms in total. The zero-order chi connectivity index (χ0) is 9.10. The van der Waals surface area contributed by atoms with E-state index >= 15 is 0 Å². The van der Waals surface area contributed by atoms with Gasteiger partial charge in [0, 0.05) is 5.56 Å². The van der Waals surface area contributed by atoms with Gasteiger partial charge in [0.25, 0.3) is 0 Å². The number of rotatable bonds is 2. The van der Waals surface area contributed by atoms with E-state index in [0.29, 0.717) is 6.54 Å². The smallest absolute Gasteiger partial charge is 0.128 e. The number of nitrogens with one attached hydrogen (secondary N) is 1. The zero-order valence-electron chi connectivity index (χ0n) is 7.27. The Hall–Kier alpha value is -1.35. The molecule has 0 amide bonds. The average Bonchev–Trinajstić information content (AvgIpc) is 2.67. The Morgan fingerprint density at radius 2 is 2.15 bits per heavy atom. The minimum absolute atomic E-state index is 0.0928. The number of aliphatic hydroxyl groups is 1. The van der Waals surface area contributed by atoms with Crippen molar-refractivity contribution in [3.63, 3.8) is 0 Å². The van der Waals surface area contributed by atoms with Crippen LogP contribution in [0.1, 0.15) is 5.56 Å². The molecular formula is C10H12N2O. The molecule has 13 heavy (non-hydrogen) atoms. The van der Waals surface area contributed by atoms with Crippen LogP contribution in [0.25, 0.3) is 0 Å². The Morgan fingerprint density at radius 1 is 1.38 bits per heavy atom. The van der Waals surface area contributed by atoms with Crippen LogP contribution in [0.15, 0.2) is 35.3 Å². The summed E-state index contributed by atoms with van der Waals surface area (Å²) in [6.45, 7) is 0.806. The summed E-state index contributed by atoms with van der Waals surface area (Å²) in [5.41, 5.74) is 1.08. The Balaban J connectivity index is 2.12. The van der Waals surface area contributed by atoms with Gasteiger partial charge in [0.15, 0.2) is 0 Å². The van der Waals surface area contributed by atoms with Crippen molar-refractivity contribution in [1.29, 1.82) is 0 Å². The van der Waals surface area contributed by atoms with Crippen molar-refractivity contribution in [2.75, 3.05) is 13.2 Å². The monoisotopic (exact) mass is 176 g/mol. The van der Waals surface area contributed by atoms with Gasteiger partial charge in [-0.15, -0.1) is 0 Å². The molecule has 1 aliphatic rings. The molecule has 1 aromatic carbocycles. The van der Waals surface area contributed by atoms with Gasteiger partial charge in [-0.3, -0.25) is 4.99 Å². The third-order valence-corrected chi connectivity index (χ3v) is 2.08. The minimum Gasteiger partial charge on any atom is -0.394 e. The number of amidine groups is 1. The average molecular weight is 176 g/mol. The summed E-state index contributed by atoms with van der Waals surface area (Å²) in [7, 11) is 0. The van der Waals surface area contributed by atoms with E-state index in [4.69, 9.17) is 5.11 Å². The van der Waals surface area contributed by atoms with Gasteiger partial charge in [-0.1, -0.05) is 30.3 Å². The molecule has 3 heteroatoms. The van der Waals surface area contributed by atoms with Crippen LogP contribution in [-0.4, -0.2) is 30.1 Å². The SMILES string of the molecule is OCC1CN=C(c2ccccc2)N1. The lowest BCUT2D eigenvalue weighted by Gasteiger charge is -2.07. The standard InChI is InChI=1S/C10H12N2O/c13-7-9-6-11-10(12-9)8-4-2-1-3-5-8/h1-5,9,13H,6-7H2,(H,11,12). The Bertz CT molecular complexity index is 308. The van der Waals surface area contributed by atoms with E-state index in [0.717, 1.165) is 11.4 Å². The summed E-state index contributed by atoms with van der Waals surface area (Å²) in [5, 5.41) is 12.1. The summed E-state index contributed by atoms with van der Waals surface area (Å²) in [6, 6.07) is 10.0. The normalized spacial score (nSPS) is 21.0. The second-order valence-corrected chi connectivity index (χ2v) is 3.08. The van der Waals surface area contributed by atoms with E-state index in [1.165, 1.54) is 0 Å². The minimum atomic E-state index is 0.0928. The van der Waals surface area contributed by atoms with Crippen molar-refractivity contribution in [1.82, 2.24) is 5.32 Å². The fourth-order valence-corrected chi connectivity index (χ4v) is 1.36. The number of hydrogen-bond donors (Lipinski definition) is 2. The second-order valence-electron chi connectivity index (χ2n) is 3.08. The molecule has 1 aromatic rings. The molecular weight excluding hydrogens is 164 g/mol. The second kappa shape index (κ2) is 3.58. The number of nitrogens with zero attached hydrogens (tertiary/aromatic N) is 1. The highest BCUT2D eigenvalue weighted by Crippen LogP contribution is 2.05. The van der Waals surface area contributed by atoms with E-state index in [2.05, 4.69) is 10.3 Å². The van der Waals surface area contributed by atoms with Crippen LogP contribution in [0.4, 0.5) is 0 Å². The fourth-order valence-electron chi connectivity index (χ4n) is 1.36. The third kappa shape index (κ3) is 1.70.